The molecule has 7 heteroatoms. The van der Waals surface area contributed by atoms with Gasteiger partial charge in [-0.1, -0.05) is 15.9 Å². The number of rotatable bonds is 3. The van der Waals surface area contributed by atoms with Crippen molar-refractivity contribution >= 4 is 27.6 Å². The molecule has 1 fully saturated rings. The maximum absolute atomic E-state index is 12.2. The monoisotopic (exact) mass is 285 g/mol. The molecule has 1 atom stereocenters. The zero-order chi connectivity index (χ0) is 11.4. The number of hydrogen-bond acceptors (Lipinski definition) is 3. The minimum atomic E-state index is -3.08. The molecule has 0 aromatic rings. The average molecular weight is 286 g/mol. The molecule has 0 aliphatic carbocycles. The van der Waals surface area contributed by atoms with Crippen LogP contribution in [-0.4, -0.2) is 54.1 Å². The van der Waals surface area contributed by atoms with Gasteiger partial charge < -0.3 is 9.64 Å². The Morgan fingerprint density at radius 2 is 2.20 bits per heavy atom. The summed E-state index contributed by atoms with van der Waals surface area (Å²) < 4.78 is 29.4. The second kappa shape index (κ2) is 5.50. The first kappa shape index (κ1) is 12.5. The minimum absolute atomic E-state index is 0.0110. The number of amides is 1. The summed E-state index contributed by atoms with van der Waals surface area (Å²) in [7, 11) is 0. The van der Waals surface area contributed by atoms with Crippen LogP contribution in [0.4, 0.5) is 8.78 Å². The van der Waals surface area contributed by atoms with Crippen molar-refractivity contribution in [3.8, 4) is 0 Å². The number of nitrogens with zero attached hydrogens (tertiary/aromatic N) is 1. The molecule has 0 aromatic carbocycles. The van der Waals surface area contributed by atoms with E-state index in [1.165, 1.54) is 0 Å². The molecule has 86 valence electrons. The number of carbonyl (C=O) groups is 2. The molecule has 0 radical (unpaired) electrons. The van der Waals surface area contributed by atoms with Gasteiger partial charge in [0.1, 0.15) is 6.04 Å². The number of hydrogen-bond donors (Lipinski definition) is 0. The van der Waals surface area contributed by atoms with Crippen LogP contribution in [0.25, 0.3) is 0 Å². The molecule has 4 nitrogen and oxygen atoms in total. The van der Waals surface area contributed by atoms with E-state index in [2.05, 4.69) is 15.9 Å². The van der Waals surface area contributed by atoms with E-state index in [9.17, 15) is 18.4 Å². The van der Waals surface area contributed by atoms with Crippen LogP contribution in [0.1, 0.15) is 0 Å². The lowest BCUT2D eigenvalue weighted by molar-refractivity contribution is -0.155. The van der Waals surface area contributed by atoms with Gasteiger partial charge in [-0.25, -0.2) is 0 Å². The summed E-state index contributed by atoms with van der Waals surface area (Å²) in [6.07, 6.45) is -3.08. The van der Waals surface area contributed by atoms with Crippen molar-refractivity contribution in [3.05, 3.63) is 0 Å². The molecule has 1 saturated heterocycles. The molecule has 1 unspecified atom stereocenters. The van der Waals surface area contributed by atoms with Gasteiger partial charge in [0.2, 0.25) is 0 Å². The minimum Gasteiger partial charge on any atom is -0.377 e. The number of ether oxygens (including phenoxy) is 1. The molecule has 0 aromatic heterocycles. The Balaban J connectivity index is 2.73. The highest BCUT2D eigenvalue weighted by molar-refractivity contribution is 9.09. The number of alkyl halides is 3. The van der Waals surface area contributed by atoms with E-state index in [0.717, 1.165) is 4.90 Å². The standard InChI is InChI=1S/C8H10BrF2NO3/c9-3-6(13)5-4-15-2-1-12(5)8(14)7(10)11/h5,7H,1-4H2. The summed E-state index contributed by atoms with van der Waals surface area (Å²) in [4.78, 5) is 23.3. The lowest BCUT2D eigenvalue weighted by Crippen LogP contribution is -2.54. The van der Waals surface area contributed by atoms with Gasteiger partial charge in [0.15, 0.2) is 5.78 Å². The predicted molar refractivity (Wildman–Crippen MR) is 51.1 cm³/mol. The normalized spacial score (nSPS) is 21.9. The number of morpholine rings is 1. The fraction of sp³-hybridized carbons (Fsp3) is 0.750. The molecule has 1 heterocycles. The highest BCUT2D eigenvalue weighted by Crippen LogP contribution is 2.12. The third kappa shape index (κ3) is 2.94. The third-order valence-corrected chi connectivity index (χ3v) is 2.65. The van der Waals surface area contributed by atoms with Crippen LogP contribution in [0.5, 0.6) is 0 Å². The topological polar surface area (TPSA) is 46.6 Å². The summed E-state index contributed by atoms with van der Waals surface area (Å²) in [5, 5.41) is 0.0219. The largest absolute Gasteiger partial charge is 0.377 e. The quantitative estimate of drug-likeness (QED) is 0.707. The van der Waals surface area contributed by atoms with Gasteiger partial charge >= 0.3 is 6.43 Å². The van der Waals surface area contributed by atoms with Gasteiger partial charge in [0.05, 0.1) is 18.5 Å². The Labute approximate surface area is 93.7 Å². The molecule has 0 spiro atoms. The van der Waals surface area contributed by atoms with Crippen LogP contribution < -0.4 is 0 Å². The van der Waals surface area contributed by atoms with Gasteiger partial charge in [-0.2, -0.15) is 8.78 Å². The van der Waals surface area contributed by atoms with E-state index in [1.54, 1.807) is 0 Å². The molecule has 15 heavy (non-hydrogen) atoms. The average Bonchev–Trinajstić information content (AvgIpc) is 2.27. The molecule has 0 saturated carbocycles. The van der Waals surface area contributed by atoms with E-state index in [4.69, 9.17) is 4.74 Å². The van der Waals surface area contributed by atoms with E-state index in [0.29, 0.717) is 0 Å². The maximum atomic E-state index is 12.2. The SMILES string of the molecule is O=C(CBr)C1COCCN1C(=O)C(F)F. The first-order chi connectivity index (χ1) is 7.07. The van der Waals surface area contributed by atoms with Crippen molar-refractivity contribution in [1.29, 1.82) is 0 Å². The Morgan fingerprint density at radius 1 is 1.53 bits per heavy atom. The summed E-state index contributed by atoms with van der Waals surface area (Å²) in [6, 6.07) is -0.889. The van der Waals surface area contributed by atoms with Crippen LogP contribution in [0.15, 0.2) is 0 Å². The Bertz CT molecular complexity index is 262. The second-order valence-corrected chi connectivity index (χ2v) is 3.58. The van der Waals surface area contributed by atoms with Crippen molar-refractivity contribution in [2.75, 3.05) is 25.1 Å². The molecule has 0 bridgehead atoms. The van der Waals surface area contributed by atoms with Crippen LogP contribution in [-0.2, 0) is 14.3 Å². The van der Waals surface area contributed by atoms with E-state index in [1.807, 2.05) is 0 Å². The summed E-state index contributed by atoms with van der Waals surface area (Å²) in [5.74, 6) is -1.64. The lowest BCUT2D eigenvalue weighted by atomic mass is 10.1. The third-order valence-electron chi connectivity index (χ3n) is 2.10. The number of halogens is 3. The zero-order valence-corrected chi connectivity index (χ0v) is 9.37. The highest BCUT2D eigenvalue weighted by Gasteiger charge is 2.35. The van der Waals surface area contributed by atoms with Crippen molar-refractivity contribution < 1.29 is 23.1 Å². The summed E-state index contributed by atoms with van der Waals surface area (Å²) in [5.41, 5.74) is 0. The van der Waals surface area contributed by atoms with Crippen molar-refractivity contribution in [3.63, 3.8) is 0 Å². The zero-order valence-electron chi connectivity index (χ0n) is 7.79. The van der Waals surface area contributed by atoms with Gasteiger partial charge in [-0.05, 0) is 0 Å². The molecular weight excluding hydrogens is 276 g/mol. The molecule has 1 aliphatic heterocycles. The van der Waals surface area contributed by atoms with E-state index in [-0.39, 0.29) is 30.9 Å². The fourth-order valence-electron chi connectivity index (χ4n) is 1.35. The van der Waals surface area contributed by atoms with Crippen LogP contribution in [0.3, 0.4) is 0 Å². The fourth-order valence-corrected chi connectivity index (χ4v) is 1.72. The van der Waals surface area contributed by atoms with Gasteiger partial charge in [-0.3, -0.25) is 9.59 Å². The van der Waals surface area contributed by atoms with Crippen LogP contribution in [0.2, 0.25) is 0 Å². The predicted octanol–water partition coefficient (Wildman–Crippen LogP) is 0.443. The van der Waals surface area contributed by atoms with Crippen molar-refractivity contribution in [2.24, 2.45) is 0 Å². The maximum Gasteiger partial charge on any atom is 0.315 e. The summed E-state index contributed by atoms with van der Waals surface area (Å²) >= 11 is 2.93. The van der Waals surface area contributed by atoms with Gasteiger partial charge in [0, 0.05) is 6.54 Å². The molecule has 1 rings (SSSR count). The molecule has 0 N–H and O–H groups in total. The van der Waals surface area contributed by atoms with E-state index >= 15 is 0 Å². The smallest absolute Gasteiger partial charge is 0.315 e. The van der Waals surface area contributed by atoms with Crippen LogP contribution in [0, 0.1) is 0 Å². The number of carbonyl (C=O) groups excluding carboxylic acids is 2. The number of ketones is 1. The number of Topliss-reactive ketones (excluding diaryl/α,β-unsaturated/α-hetero) is 1. The second-order valence-electron chi connectivity index (χ2n) is 3.02. The van der Waals surface area contributed by atoms with E-state index < -0.39 is 18.4 Å². The summed E-state index contributed by atoms with van der Waals surface area (Å²) in [6.45, 7) is 0.208. The highest BCUT2D eigenvalue weighted by atomic mass is 79.9. The Hall–Kier alpha value is -0.560. The lowest BCUT2D eigenvalue weighted by Gasteiger charge is -2.33. The van der Waals surface area contributed by atoms with Gasteiger partial charge in [0.25, 0.3) is 5.91 Å². The van der Waals surface area contributed by atoms with Crippen molar-refractivity contribution in [2.45, 2.75) is 12.5 Å². The molecule has 1 amide bonds. The Morgan fingerprint density at radius 3 is 2.73 bits per heavy atom. The first-order valence-electron chi connectivity index (χ1n) is 4.33. The first-order valence-corrected chi connectivity index (χ1v) is 5.45. The van der Waals surface area contributed by atoms with Gasteiger partial charge in [-0.15, -0.1) is 0 Å². The molecule has 1 aliphatic rings. The van der Waals surface area contributed by atoms with Crippen molar-refractivity contribution in [1.82, 2.24) is 4.90 Å². The molecular formula is C8H10BrF2NO3. The Kier molecular flexibility index (Phi) is 4.59. The van der Waals surface area contributed by atoms with Crippen LogP contribution >= 0.6 is 15.9 Å².